The maximum absolute atomic E-state index is 13.8. The molecule has 0 unspecified atom stereocenters. The van der Waals surface area contributed by atoms with E-state index in [0.29, 0.717) is 21.9 Å². The molecule has 0 saturated carbocycles. The maximum Gasteiger partial charge on any atom is 0.344 e. The summed E-state index contributed by atoms with van der Waals surface area (Å²) in [5.41, 5.74) is 1.28. The Morgan fingerprint density at radius 2 is 0.900 bits per heavy atom. The van der Waals surface area contributed by atoms with Crippen molar-refractivity contribution in [2.24, 2.45) is 0 Å². The van der Waals surface area contributed by atoms with Crippen LogP contribution in [0.4, 0.5) is 8.78 Å². The summed E-state index contributed by atoms with van der Waals surface area (Å²) in [6.07, 6.45) is 0. The summed E-state index contributed by atoms with van der Waals surface area (Å²) in [6, 6.07) is 32.4. The van der Waals surface area contributed by atoms with Crippen LogP contribution in [0.25, 0.3) is 32.7 Å². The molecular weight excluding hydrogens is 510 g/mol. The van der Waals surface area contributed by atoms with Crippen molar-refractivity contribution in [3.05, 3.63) is 144 Å². The van der Waals surface area contributed by atoms with Gasteiger partial charge >= 0.3 is 11.9 Å². The number of esters is 2. The van der Waals surface area contributed by atoms with Crippen LogP contribution >= 0.6 is 0 Å². The Bertz CT molecular complexity index is 1790. The van der Waals surface area contributed by atoms with Crippen molar-refractivity contribution in [2.45, 2.75) is 0 Å². The fraction of sp³-hybridized carbons (Fsp3) is 0. The molecule has 0 atom stereocenters. The van der Waals surface area contributed by atoms with Crippen LogP contribution in [0.5, 0.6) is 11.5 Å². The molecule has 0 heterocycles. The molecule has 6 aromatic carbocycles. The minimum absolute atomic E-state index is 0.0489. The van der Waals surface area contributed by atoms with Gasteiger partial charge in [0.25, 0.3) is 0 Å². The van der Waals surface area contributed by atoms with Gasteiger partial charge < -0.3 is 9.47 Å². The van der Waals surface area contributed by atoms with E-state index in [9.17, 15) is 18.4 Å². The summed E-state index contributed by atoms with van der Waals surface area (Å²) in [6.45, 7) is 0. The van der Waals surface area contributed by atoms with Gasteiger partial charge in [-0.15, -0.1) is 0 Å². The summed E-state index contributed by atoms with van der Waals surface area (Å²) in [5, 5.41) is 3.06. The van der Waals surface area contributed by atoms with E-state index < -0.39 is 23.6 Å². The number of carbonyl (C=O) groups excluding carboxylic acids is 2. The molecule has 194 valence electrons. The zero-order chi connectivity index (χ0) is 27.6. The van der Waals surface area contributed by atoms with Crippen LogP contribution in [-0.4, -0.2) is 11.9 Å². The second-order valence-corrected chi connectivity index (χ2v) is 9.11. The number of hydrogen-bond donors (Lipinski definition) is 0. The van der Waals surface area contributed by atoms with Crippen LogP contribution < -0.4 is 9.47 Å². The fourth-order valence-corrected chi connectivity index (χ4v) is 4.81. The molecule has 6 heteroatoms. The van der Waals surface area contributed by atoms with Crippen molar-refractivity contribution in [1.82, 2.24) is 0 Å². The lowest BCUT2D eigenvalue weighted by Crippen LogP contribution is -2.14. The van der Waals surface area contributed by atoms with E-state index in [-0.39, 0.29) is 22.6 Å². The van der Waals surface area contributed by atoms with Crippen LogP contribution in [-0.2, 0) is 0 Å². The second-order valence-electron chi connectivity index (χ2n) is 9.11. The van der Waals surface area contributed by atoms with Crippen LogP contribution in [0.1, 0.15) is 20.7 Å². The lowest BCUT2D eigenvalue weighted by Gasteiger charge is -2.18. The molecule has 0 aliphatic carbocycles. The van der Waals surface area contributed by atoms with Gasteiger partial charge in [0, 0.05) is 23.3 Å². The first-order chi connectivity index (χ1) is 19.5. The average Bonchev–Trinajstić information content (AvgIpc) is 2.96. The maximum atomic E-state index is 13.8. The van der Waals surface area contributed by atoms with Crippen LogP contribution in [0.15, 0.2) is 121 Å². The zero-order valence-electron chi connectivity index (χ0n) is 20.9. The Morgan fingerprint density at radius 1 is 0.475 bits per heavy atom. The highest BCUT2D eigenvalue weighted by atomic mass is 19.1. The molecule has 0 aromatic heterocycles. The quantitative estimate of drug-likeness (QED) is 0.166. The normalized spacial score (nSPS) is 10.9. The molecule has 40 heavy (non-hydrogen) atoms. The molecule has 0 radical (unpaired) electrons. The largest absolute Gasteiger partial charge is 0.423 e. The van der Waals surface area contributed by atoms with Gasteiger partial charge in [-0.05, 0) is 57.9 Å². The molecule has 0 amide bonds. The fourth-order valence-electron chi connectivity index (χ4n) is 4.81. The molecule has 0 saturated heterocycles. The van der Waals surface area contributed by atoms with Gasteiger partial charge in [0.2, 0.25) is 0 Å². The van der Waals surface area contributed by atoms with E-state index >= 15 is 0 Å². The SMILES string of the molecule is O=C(Oc1cccc(F)c1)c1ccc2ccccc2c1-c1c(C(=O)Oc2cccc(F)c2)ccc2ccccc12. The van der Waals surface area contributed by atoms with Crippen molar-refractivity contribution in [3.8, 4) is 22.6 Å². The van der Waals surface area contributed by atoms with Crippen molar-refractivity contribution < 1.29 is 27.8 Å². The monoisotopic (exact) mass is 530 g/mol. The van der Waals surface area contributed by atoms with Gasteiger partial charge in [0.05, 0.1) is 11.1 Å². The number of carbonyl (C=O) groups is 2. The van der Waals surface area contributed by atoms with Gasteiger partial charge in [-0.25, -0.2) is 18.4 Å². The molecule has 0 bridgehead atoms. The van der Waals surface area contributed by atoms with Gasteiger partial charge in [0.15, 0.2) is 0 Å². The van der Waals surface area contributed by atoms with E-state index in [1.165, 1.54) is 36.4 Å². The second kappa shape index (κ2) is 10.4. The standard InChI is InChI=1S/C34H20F2O4/c35-23-9-5-11-25(19-23)39-33(37)29-17-15-21-7-1-3-13-27(21)31(29)32-28-14-4-2-8-22(28)16-18-30(32)34(38)40-26-12-6-10-24(36)20-26/h1-20H. The molecule has 0 aliphatic rings. The minimum Gasteiger partial charge on any atom is -0.423 e. The number of fused-ring (bicyclic) bond motifs is 2. The Kier molecular flexibility index (Phi) is 6.50. The van der Waals surface area contributed by atoms with E-state index in [1.54, 1.807) is 24.3 Å². The smallest absolute Gasteiger partial charge is 0.344 e. The summed E-state index contributed by atoms with van der Waals surface area (Å²) in [5.74, 6) is -2.42. The molecule has 4 nitrogen and oxygen atoms in total. The van der Waals surface area contributed by atoms with E-state index in [4.69, 9.17) is 9.47 Å². The Balaban J connectivity index is 1.59. The van der Waals surface area contributed by atoms with E-state index in [1.807, 2.05) is 48.5 Å². The predicted molar refractivity (Wildman–Crippen MR) is 150 cm³/mol. The molecule has 6 aromatic rings. The molecule has 0 fully saturated rings. The van der Waals surface area contributed by atoms with Crippen molar-refractivity contribution >= 4 is 33.5 Å². The van der Waals surface area contributed by atoms with Gasteiger partial charge in [-0.1, -0.05) is 72.8 Å². The number of benzene rings is 6. The van der Waals surface area contributed by atoms with Crippen molar-refractivity contribution in [1.29, 1.82) is 0 Å². The highest BCUT2D eigenvalue weighted by molar-refractivity contribution is 6.18. The topological polar surface area (TPSA) is 52.6 Å². The highest BCUT2D eigenvalue weighted by Crippen LogP contribution is 2.40. The van der Waals surface area contributed by atoms with Crippen molar-refractivity contribution in [3.63, 3.8) is 0 Å². The number of halogens is 2. The van der Waals surface area contributed by atoms with E-state index in [0.717, 1.165) is 22.9 Å². The molecule has 0 aliphatic heterocycles. The lowest BCUT2D eigenvalue weighted by molar-refractivity contribution is 0.0723. The van der Waals surface area contributed by atoms with Gasteiger partial charge in [0.1, 0.15) is 23.1 Å². The number of rotatable bonds is 5. The first-order valence-electron chi connectivity index (χ1n) is 12.5. The van der Waals surface area contributed by atoms with Crippen molar-refractivity contribution in [2.75, 3.05) is 0 Å². The minimum atomic E-state index is -0.719. The molecule has 0 spiro atoms. The summed E-state index contributed by atoms with van der Waals surface area (Å²) in [7, 11) is 0. The van der Waals surface area contributed by atoms with Gasteiger partial charge in [-0.2, -0.15) is 0 Å². The average molecular weight is 531 g/mol. The lowest BCUT2D eigenvalue weighted by atomic mass is 9.87. The summed E-state index contributed by atoms with van der Waals surface area (Å²) in [4.78, 5) is 27.2. The summed E-state index contributed by atoms with van der Waals surface area (Å²) >= 11 is 0. The third-order valence-corrected chi connectivity index (χ3v) is 6.56. The third kappa shape index (κ3) is 4.78. The van der Waals surface area contributed by atoms with Crippen LogP contribution in [0, 0.1) is 11.6 Å². The Morgan fingerprint density at radius 3 is 1.32 bits per heavy atom. The number of hydrogen-bond acceptors (Lipinski definition) is 4. The Hall–Kier alpha value is -5.36. The molecular formula is C34H20F2O4. The third-order valence-electron chi connectivity index (χ3n) is 6.56. The predicted octanol–water partition coefficient (Wildman–Crippen LogP) is 8.38. The molecule has 6 rings (SSSR count). The van der Waals surface area contributed by atoms with Crippen LogP contribution in [0.3, 0.4) is 0 Å². The Labute approximate surface area is 228 Å². The zero-order valence-corrected chi connectivity index (χ0v) is 20.9. The first-order valence-corrected chi connectivity index (χ1v) is 12.5. The van der Waals surface area contributed by atoms with Crippen LogP contribution in [0.2, 0.25) is 0 Å². The first kappa shape index (κ1) is 24.9. The van der Waals surface area contributed by atoms with Gasteiger partial charge in [-0.3, -0.25) is 0 Å². The molecule has 0 N–H and O–H groups in total. The summed E-state index contributed by atoms with van der Waals surface area (Å²) < 4.78 is 38.8. The number of ether oxygens (including phenoxy) is 2. The van der Waals surface area contributed by atoms with E-state index in [2.05, 4.69) is 0 Å². The highest BCUT2D eigenvalue weighted by Gasteiger charge is 2.25.